The first-order valence-corrected chi connectivity index (χ1v) is 4.35. The SMILES string of the molecule is Cn1nc[n+](/N=C(\[O-])c2ccccc2)n1. The zero-order valence-electron chi connectivity index (χ0n) is 8.11. The fraction of sp³-hybridized carbons (Fsp3) is 0.111. The van der Waals surface area contributed by atoms with Crippen molar-refractivity contribution in [3.63, 3.8) is 0 Å². The van der Waals surface area contributed by atoms with Crippen LogP contribution in [0.5, 0.6) is 0 Å². The predicted molar refractivity (Wildman–Crippen MR) is 49.6 cm³/mol. The number of rotatable bonds is 2. The molecule has 0 unspecified atom stereocenters. The van der Waals surface area contributed by atoms with Gasteiger partial charge in [-0.25, -0.2) is 0 Å². The fourth-order valence-electron chi connectivity index (χ4n) is 1.08. The summed E-state index contributed by atoms with van der Waals surface area (Å²) in [5.41, 5.74) is 0.524. The topological polar surface area (TPSA) is 70.0 Å². The van der Waals surface area contributed by atoms with Crippen LogP contribution < -0.4 is 9.90 Å². The summed E-state index contributed by atoms with van der Waals surface area (Å²) in [6.45, 7) is 0. The van der Waals surface area contributed by atoms with Crippen molar-refractivity contribution >= 4 is 5.90 Å². The molecule has 1 heterocycles. The first kappa shape index (κ1) is 9.32. The van der Waals surface area contributed by atoms with E-state index in [1.807, 2.05) is 6.07 Å². The van der Waals surface area contributed by atoms with Gasteiger partial charge in [0.1, 0.15) is 7.05 Å². The maximum Gasteiger partial charge on any atom is 0.313 e. The second kappa shape index (κ2) is 3.87. The quantitative estimate of drug-likeness (QED) is 0.345. The van der Waals surface area contributed by atoms with Crippen LogP contribution in [0, 0.1) is 0 Å². The lowest BCUT2D eigenvalue weighted by Crippen LogP contribution is -2.35. The first-order chi connectivity index (χ1) is 7.25. The highest BCUT2D eigenvalue weighted by Gasteiger charge is 2.00. The molecule has 6 nitrogen and oxygen atoms in total. The third-order valence-electron chi connectivity index (χ3n) is 1.76. The number of nitrogens with zero attached hydrogens (tertiary/aromatic N) is 5. The molecule has 0 amide bonds. The van der Waals surface area contributed by atoms with Gasteiger partial charge in [0.2, 0.25) is 0 Å². The van der Waals surface area contributed by atoms with Gasteiger partial charge >= 0.3 is 6.33 Å². The molecule has 1 aromatic carbocycles. The highest BCUT2D eigenvalue weighted by Crippen LogP contribution is 1.95. The molecule has 0 aliphatic carbocycles. The number of aryl methyl sites for hydroxylation is 1. The van der Waals surface area contributed by atoms with Crippen LogP contribution in [0.4, 0.5) is 0 Å². The van der Waals surface area contributed by atoms with Crippen LogP contribution in [-0.2, 0) is 7.05 Å². The molecule has 0 radical (unpaired) electrons. The van der Waals surface area contributed by atoms with E-state index in [2.05, 4.69) is 15.4 Å². The van der Waals surface area contributed by atoms with Gasteiger partial charge in [0.15, 0.2) is 0 Å². The smallest absolute Gasteiger partial charge is 0.313 e. The van der Waals surface area contributed by atoms with Gasteiger partial charge < -0.3 is 5.11 Å². The molecule has 1 aromatic heterocycles. The van der Waals surface area contributed by atoms with Crippen LogP contribution in [0.2, 0.25) is 0 Å². The number of hydrogen-bond donors (Lipinski definition) is 0. The molecule has 0 aliphatic heterocycles. The van der Waals surface area contributed by atoms with E-state index < -0.39 is 0 Å². The van der Waals surface area contributed by atoms with Crippen LogP contribution in [0.15, 0.2) is 41.8 Å². The third-order valence-corrected chi connectivity index (χ3v) is 1.76. The summed E-state index contributed by atoms with van der Waals surface area (Å²) < 4.78 is 0. The monoisotopic (exact) mass is 203 g/mol. The molecule has 6 heteroatoms. The normalized spacial score (nSPS) is 11.7. The van der Waals surface area contributed by atoms with E-state index in [0.29, 0.717) is 5.56 Å². The molecule has 0 atom stereocenters. The van der Waals surface area contributed by atoms with Crippen molar-refractivity contribution in [2.24, 2.45) is 12.1 Å². The van der Waals surface area contributed by atoms with Crippen LogP contribution in [-0.4, -0.2) is 21.0 Å². The molecule has 2 aromatic rings. The van der Waals surface area contributed by atoms with Crippen LogP contribution in [0.1, 0.15) is 5.56 Å². The van der Waals surface area contributed by atoms with E-state index in [0.717, 1.165) is 4.79 Å². The highest BCUT2D eigenvalue weighted by atomic mass is 16.3. The fourth-order valence-corrected chi connectivity index (χ4v) is 1.08. The summed E-state index contributed by atoms with van der Waals surface area (Å²) in [5.74, 6) is -0.346. The average molecular weight is 203 g/mol. The number of benzene rings is 1. The maximum atomic E-state index is 11.6. The van der Waals surface area contributed by atoms with Crippen LogP contribution in [0.25, 0.3) is 0 Å². The minimum Gasteiger partial charge on any atom is -0.856 e. The zero-order chi connectivity index (χ0) is 10.7. The summed E-state index contributed by atoms with van der Waals surface area (Å²) in [5, 5.41) is 22.9. The number of hydrogen-bond acceptors (Lipinski definition) is 4. The van der Waals surface area contributed by atoms with Crippen molar-refractivity contribution in [3.8, 4) is 0 Å². The molecule has 2 rings (SSSR count). The van der Waals surface area contributed by atoms with Crippen molar-refractivity contribution in [3.05, 3.63) is 42.2 Å². The Morgan fingerprint density at radius 1 is 1.40 bits per heavy atom. The lowest BCUT2D eigenvalue weighted by atomic mass is 10.2. The summed E-state index contributed by atoms with van der Waals surface area (Å²) in [6.07, 6.45) is 1.36. The maximum absolute atomic E-state index is 11.6. The van der Waals surface area contributed by atoms with Crippen molar-refractivity contribution < 1.29 is 9.90 Å². The Labute approximate surface area is 86.1 Å². The Kier molecular flexibility index (Phi) is 2.40. The Hall–Kier alpha value is -2.24. The van der Waals surface area contributed by atoms with Crippen molar-refractivity contribution in [1.82, 2.24) is 15.1 Å². The van der Waals surface area contributed by atoms with Crippen molar-refractivity contribution in [2.75, 3.05) is 0 Å². The van der Waals surface area contributed by atoms with Gasteiger partial charge in [0, 0.05) is 5.90 Å². The first-order valence-electron chi connectivity index (χ1n) is 4.35. The van der Waals surface area contributed by atoms with Gasteiger partial charge in [-0.05, 0) is 15.2 Å². The standard InChI is InChI=1S/C9H9N5O/c1-13-10-7-14(12-13)11-9(15)8-5-3-2-4-6-8/h2-7H,1H3. The second-order valence-corrected chi connectivity index (χ2v) is 2.90. The van der Waals surface area contributed by atoms with E-state index in [1.165, 1.54) is 11.1 Å². The van der Waals surface area contributed by atoms with E-state index in [-0.39, 0.29) is 5.90 Å². The van der Waals surface area contributed by atoms with Crippen LogP contribution in [0.3, 0.4) is 0 Å². The summed E-state index contributed by atoms with van der Waals surface area (Å²) in [6, 6.07) is 8.80. The Morgan fingerprint density at radius 2 is 2.13 bits per heavy atom. The lowest BCUT2D eigenvalue weighted by Gasteiger charge is -2.06. The molecule has 0 N–H and O–H groups in total. The summed E-state index contributed by atoms with van der Waals surface area (Å²) in [4.78, 5) is 2.46. The predicted octanol–water partition coefficient (Wildman–Crippen LogP) is -1.33. The molecular weight excluding hydrogens is 194 g/mol. The summed E-state index contributed by atoms with van der Waals surface area (Å²) >= 11 is 0. The number of aromatic nitrogens is 4. The third kappa shape index (κ3) is 2.16. The molecule has 0 saturated heterocycles. The molecule has 0 aliphatic rings. The highest BCUT2D eigenvalue weighted by molar-refractivity contribution is 5.89. The Morgan fingerprint density at radius 3 is 2.73 bits per heavy atom. The van der Waals surface area contributed by atoms with Gasteiger partial charge in [-0.15, -0.1) is 5.10 Å². The average Bonchev–Trinajstić information content (AvgIpc) is 2.65. The van der Waals surface area contributed by atoms with Gasteiger partial charge in [-0.3, -0.25) is 0 Å². The van der Waals surface area contributed by atoms with Gasteiger partial charge in [-0.2, -0.15) is 0 Å². The van der Waals surface area contributed by atoms with Crippen LogP contribution >= 0.6 is 0 Å². The summed E-state index contributed by atoms with van der Waals surface area (Å²) in [7, 11) is 1.65. The lowest BCUT2D eigenvalue weighted by molar-refractivity contribution is -0.741. The van der Waals surface area contributed by atoms with Crippen molar-refractivity contribution in [2.45, 2.75) is 0 Å². The molecule has 76 valence electrons. The van der Waals surface area contributed by atoms with E-state index in [4.69, 9.17) is 0 Å². The van der Waals surface area contributed by atoms with E-state index in [9.17, 15) is 5.11 Å². The molecule has 15 heavy (non-hydrogen) atoms. The molecule has 0 bridgehead atoms. The second-order valence-electron chi connectivity index (χ2n) is 2.90. The van der Waals surface area contributed by atoms with E-state index >= 15 is 0 Å². The van der Waals surface area contributed by atoms with Gasteiger partial charge in [0.25, 0.3) is 0 Å². The molecule has 0 fully saturated rings. The molecule has 0 spiro atoms. The Bertz CT molecular complexity index is 476. The zero-order valence-corrected chi connectivity index (χ0v) is 8.11. The molecular formula is C9H9N5O. The van der Waals surface area contributed by atoms with E-state index in [1.54, 1.807) is 31.3 Å². The molecule has 0 saturated carbocycles. The number of tetrazole rings is 1. The Balaban J connectivity index is 2.28. The minimum absolute atomic E-state index is 0.346. The largest absolute Gasteiger partial charge is 0.856 e. The van der Waals surface area contributed by atoms with Crippen molar-refractivity contribution in [1.29, 1.82) is 0 Å². The minimum atomic E-state index is -0.346. The van der Waals surface area contributed by atoms with Gasteiger partial charge in [-0.1, -0.05) is 30.3 Å². The van der Waals surface area contributed by atoms with Gasteiger partial charge in [0.05, 0.1) is 10.3 Å².